The summed E-state index contributed by atoms with van der Waals surface area (Å²) in [6, 6.07) is 0. The van der Waals surface area contributed by atoms with Crippen molar-refractivity contribution in [3.05, 3.63) is 22.5 Å². The highest BCUT2D eigenvalue weighted by molar-refractivity contribution is 7.95. The van der Waals surface area contributed by atoms with E-state index in [-0.39, 0.29) is 5.75 Å². The second kappa shape index (κ2) is 3.46. The quantitative estimate of drug-likeness (QED) is 0.399. The number of hydrogen-bond acceptors (Lipinski definition) is 7. The molecule has 0 aromatic rings. The van der Waals surface area contributed by atoms with Gasteiger partial charge in [0.1, 0.15) is 17.5 Å². The van der Waals surface area contributed by atoms with Gasteiger partial charge in [-0.2, -0.15) is 0 Å². The first kappa shape index (κ1) is 10.6. The van der Waals surface area contributed by atoms with E-state index in [4.69, 9.17) is 0 Å². The summed E-state index contributed by atoms with van der Waals surface area (Å²) in [4.78, 5) is 1.69. The van der Waals surface area contributed by atoms with Crippen LogP contribution in [0.2, 0.25) is 0 Å². The molecule has 17 heavy (non-hydrogen) atoms. The Morgan fingerprint density at radius 1 is 1.06 bits per heavy atom. The molecule has 0 amide bonds. The number of nitrogens with one attached hydrogen (secondary N) is 4. The zero-order chi connectivity index (χ0) is 12.0. The van der Waals surface area contributed by atoms with Crippen molar-refractivity contribution < 1.29 is 8.42 Å². The molecule has 0 aromatic carbocycles. The Kier molecular flexibility index (Phi) is 2.15. The highest BCUT2D eigenvalue weighted by Gasteiger charge is 2.36. The summed E-state index contributed by atoms with van der Waals surface area (Å²) in [5.41, 5.74) is 0. The molecular weight excluding hydrogens is 242 g/mol. The number of nitrogens with zero attached hydrogens (tertiary/aromatic N) is 1. The van der Waals surface area contributed by atoms with Gasteiger partial charge in [0, 0.05) is 26.7 Å². The summed E-state index contributed by atoms with van der Waals surface area (Å²) in [5, 5.41) is 12.9. The molecule has 0 fully saturated rings. The first-order chi connectivity index (χ1) is 8.09. The van der Waals surface area contributed by atoms with Crippen molar-refractivity contribution in [2.24, 2.45) is 0 Å². The smallest absolute Gasteiger partial charge is 0.199 e. The van der Waals surface area contributed by atoms with E-state index in [2.05, 4.69) is 21.3 Å². The van der Waals surface area contributed by atoms with Gasteiger partial charge in [-0.3, -0.25) is 0 Å². The van der Waals surface area contributed by atoms with Crippen LogP contribution < -0.4 is 21.3 Å². The molecule has 0 aromatic heterocycles. The summed E-state index contributed by atoms with van der Waals surface area (Å²) in [6.45, 7) is 2.04. The first-order valence-corrected chi connectivity index (χ1v) is 7.18. The summed E-state index contributed by atoms with van der Waals surface area (Å²) >= 11 is 0. The Hall–Kier alpha value is -1.57. The SMILES string of the molecule is CN1C2=C(NCCN2)NC2=C1S(=O)(=O)CCN2. The second-order valence-electron chi connectivity index (χ2n) is 4.19. The summed E-state index contributed by atoms with van der Waals surface area (Å²) in [7, 11) is -1.44. The lowest BCUT2D eigenvalue weighted by molar-refractivity contribution is 0.401. The highest BCUT2D eigenvalue weighted by atomic mass is 32.2. The van der Waals surface area contributed by atoms with Crippen LogP contribution in [-0.2, 0) is 9.84 Å². The fourth-order valence-electron chi connectivity index (χ4n) is 2.27. The van der Waals surface area contributed by atoms with Crippen LogP contribution in [0.15, 0.2) is 22.5 Å². The molecule has 0 saturated carbocycles. The monoisotopic (exact) mass is 257 g/mol. The molecule has 0 atom stereocenters. The van der Waals surface area contributed by atoms with Crippen molar-refractivity contribution in [3.8, 4) is 0 Å². The maximum Gasteiger partial charge on any atom is 0.199 e. The molecular formula is C9H15N5O2S. The molecule has 3 aliphatic rings. The van der Waals surface area contributed by atoms with Gasteiger partial charge in [0.25, 0.3) is 0 Å². The van der Waals surface area contributed by atoms with Crippen LogP contribution in [0.5, 0.6) is 0 Å². The predicted octanol–water partition coefficient (Wildman–Crippen LogP) is -2.01. The van der Waals surface area contributed by atoms with Crippen LogP contribution in [-0.4, -0.2) is 45.8 Å². The molecule has 0 spiro atoms. The van der Waals surface area contributed by atoms with Gasteiger partial charge in [0.2, 0.25) is 0 Å². The Bertz CT molecular complexity index is 522. The fourth-order valence-corrected chi connectivity index (χ4v) is 3.78. The maximum atomic E-state index is 12.1. The van der Waals surface area contributed by atoms with Gasteiger partial charge in [0.15, 0.2) is 14.9 Å². The zero-order valence-electron chi connectivity index (χ0n) is 9.50. The third-order valence-electron chi connectivity index (χ3n) is 3.03. The minimum absolute atomic E-state index is 0.133. The Morgan fingerprint density at radius 2 is 1.76 bits per heavy atom. The van der Waals surface area contributed by atoms with Crippen LogP contribution in [0.3, 0.4) is 0 Å². The van der Waals surface area contributed by atoms with Gasteiger partial charge < -0.3 is 26.2 Å². The van der Waals surface area contributed by atoms with Gasteiger partial charge in [-0.05, 0) is 0 Å². The predicted molar refractivity (Wildman–Crippen MR) is 62.7 cm³/mol. The van der Waals surface area contributed by atoms with Gasteiger partial charge in [-0.15, -0.1) is 0 Å². The van der Waals surface area contributed by atoms with Crippen LogP contribution in [0.1, 0.15) is 0 Å². The van der Waals surface area contributed by atoms with E-state index in [1.54, 1.807) is 11.9 Å². The molecule has 0 aliphatic carbocycles. The molecule has 0 unspecified atom stereocenters. The van der Waals surface area contributed by atoms with Gasteiger partial charge in [-0.25, -0.2) is 8.42 Å². The number of rotatable bonds is 0. The van der Waals surface area contributed by atoms with Crippen LogP contribution in [0.25, 0.3) is 0 Å². The van der Waals surface area contributed by atoms with Crippen LogP contribution >= 0.6 is 0 Å². The topological polar surface area (TPSA) is 85.5 Å². The standard InChI is InChI=1S/C9H15N5O2S/c1-14-8-6(10-2-3-12-8)13-7-9(14)17(15,16)5-4-11-7/h10-13H,2-5H2,1H3. The molecule has 0 saturated heterocycles. The molecule has 8 heteroatoms. The maximum absolute atomic E-state index is 12.1. The Balaban J connectivity index is 2.06. The lowest BCUT2D eigenvalue weighted by Crippen LogP contribution is -2.54. The van der Waals surface area contributed by atoms with E-state index >= 15 is 0 Å². The van der Waals surface area contributed by atoms with E-state index in [1.807, 2.05) is 0 Å². The van der Waals surface area contributed by atoms with Crippen molar-refractivity contribution in [3.63, 3.8) is 0 Å². The molecule has 4 N–H and O–H groups in total. The van der Waals surface area contributed by atoms with Crippen LogP contribution in [0, 0.1) is 0 Å². The molecule has 0 radical (unpaired) electrons. The van der Waals surface area contributed by atoms with Gasteiger partial charge in [-0.1, -0.05) is 0 Å². The molecule has 3 heterocycles. The number of sulfone groups is 1. The first-order valence-electron chi connectivity index (χ1n) is 5.53. The fraction of sp³-hybridized carbons (Fsp3) is 0.556. The van der Waals surface area contributed by atoms with E-state index < -0.39 is 9.84 Å². The third-order valence-corrected chi connectivity index (χ3v) is 4.84. The van der Waals surface area contributed by atoms with Crippen molar-refractivity contribution in [1.82, 2.24) is 26.2 Å². The van der Waals surface area contributed by atoms with Crippen molar-refractivity contribution >= 4 is 9.84 Å². The molecule has 3 rings (SSSR count). The van der Waals surface area contributed by atoms with Gasteiger partial charge in [0.05, 0.1) is 5.75 Å². The lowest BCUT2D eigenvalue weighted by Gasteiger charge is -2.39. The largest absolute Gasteiger partial charge is 0.368 e. The molecule has 0 bridgehead atoms. The highest BCUT2D eigenvalue weighted by Crippen LogP contribution is 2.26. The zero-order valence-corrected chi connectivity index (χ0v) is 10.3. The van der Waals surface area contributed by atoms with E-state index in [1.165, 1.54) is 0 Å². The minimum atomic E-state index is -3.20. The van der Waals surface area contributed by atoms with Crippen molar-refractivity contribution in [1.29, 1.82) is 0 Å². The van der Waals surface area contributed by atoms with Gasteiger partial charge >= 0.3 is 0 Å². The summed E-state index contributed by atoms with van der Waals surface area (Å²) < 4.78 is 24.1. The molecule has 7 nitrogen and oxygen atoms in total. The Morgan fingerprint density at radius 3 is 2.59 bits per heavy atom. The minimum Gasteiger partial charge on any atom is -0.368 e. The third kappa shape index (κ3) is 1.51. The van der Waals surface area contributed by atoms with Crippen molar-refractivity contribution in [2.75, 3.05) is 32.4 Å². The summed E-state index contributed by atoms with van der Waals surface area (Å²) in [6.07, 6.45) is 0. The number of hydrogen-bond donors (Lipinski definition) is 4. The van der Waals surface area contributed by atoms with E-state index in [9.17, 15) is 8.42 Å². The molecule has 3 aliphatic heterocycles. The average molecular weight is 257 g/mol. The summed E-state index contributed by atoms with van der Waals surface area (Å²) in [5.74, 6) is 2.30. The normalized spacial score (nSPS) is 26.1. The van der Waals surface area contributed by atoms with Crippen LogP contribution in [0.4, 0.5) is 0 Å². The lowest BCUT2D eigenvalue weighted by atomic mass is 10.3. The van der Waals surface area contributed by atoms with E-state index in [0.717, 1.165) is 24.7 Å². The molecule has 94 valence electrons. The average Bonchev–Trinajstić information content (AvgIpc) is 2.28. The second-order valence-corrected chi connectivity index (χ2v) is 6.21. The Labute approximate surface area is 99.8 Å². The van der Waals surface area contributed by atoms with Crippen molar-refractivity contribution in [2.45, 2.75) is 0 Å². The van der Waals surface area contributed by atoms with E-state index in [0.29, 0.717) is 17.4 Å².